The van der Waals surface area contributed by atoms with Crippen molar-refractivity contribution in [1.82, 2.24) is 15.0 Å². The number of halogens is 3. The van der Waals surface area contributed by atoms with Gasteiger partial charge in [-0.3, -0.25) is 0 Å². The first kappa shape index (κ1) is 18.8. The number of nitrogens with one attached hydrogen (secondary N) is 1. The van der Waals surface area contributed by atoms with E-state index in [4.69, 9.17) is 16.1 Å². The number of anilines is 1. The Hall–Kier alpha value is -3.00. The molecule has 9 heteroatoms. The van der Waals surface area contributed by atoms with Crippen LogP contribution in [0.25, 0.3) is 11.5 Å². The van der Waals surface area contributed by atoms with E-state index in [9.17, 15) is 13.6 Å². The number of hydrogen-bond donors (Lipinski definition) is 1. The summed E-state index contributed by atoms with van der Waals surface area (Å²) in [4.78, 5) is 17.7. The lowest BCUT2D eigenvalue weighted by molar-refractivity contribution is 0.222. The molecular formula is C18H15ClF2N4O2. The van der Waals surface area contributed by atoms with E-state index in [-0.39, 0.29) is 12.2 Å². The van der Waals surface area contributed by atoms with Crippen molar-refractivity contribution in [3.8, 4) is 11.5 Å². The molecule has 2 aromatic carbocycles. The molecule has 27 heavy (non-hydrogen) atoms. The average Bonchev–Trinajstić information content (AvgIpc) is 3.11. The quantitative estimate of drug-likeness (QED) is 0.699. The number of benzene rings is 2. The first-order valence-electron chi connectivity index (χ1n) is 7.98. The van der Waals surface area contributed by atoms with Gasteiger partial charge in [0, 0.05) is 36.7 Å². The van der Waals surface area contributed by atoms with Crippen LogP contribution in [0.5, 0.6) is 0 Å². The minimum absolute atomic E-state index is 0.0992. The second-order valence-electron chi connectivity index (χ2n) is 5.75. The van der Waals surface area contributed by atoms with Crippen LogP contribution in [0.2, 0.25) is 5.02 Å². The molecule has 140 valence electrons. The Labute approximate surface area is 158 Å². The molecule has 0 saturated carbocycles. The van der Waals surface area contributed by atoms with Crippen molar-refractivity contribution in [2.24, 2.45) is 0 Å². The average molecular weight is 393 g/mol. The molecule has 0 radical (unpaired) electrons. The molecule has 0 aliphatic heterocycles. The molecule has 1 heterocycles. The lowest BCUT2D eigenvalue weighted by Gasteiger charge is -2.17. The molecule has 3 rings (SSSR count). The Bertz CT molecular complexity index is 947. The van der Waals surface area contributed by atoms with Crippen molar-refractivity contribution in [2.75, 3.05) is 18.9 Å². The van der Waals surface area contributed by atoms with Crippen molar-refractivity contribution in [1.29, 1.82) is 0 Å². The Kier molecular flexibility index (Phi) is 5.66. The largest absolute Gasteiger partial charge is 0.334 e. The van der Waals surface area contributed by atoms with Gasteiger partial charge in [-0.25, -0.2) is 13.6 Å². The van der Waals surface area contributed by atoms with Crippen LogP contribution in [-0.2, 0) is 6.42 Å². The van der Waals surface area contributed by atoms with E-state index in [1.807, 2.05) is 0 Å². The molecule has 2 amide bonds. The fraction of sp³-hybridized carbons (Fsp3) is 0.167. The fourth-order valence-electron chi connectivity index (χ4n) is 2.24. The Balaban J connectivity index is 1.56. The summed E-state index contributed by atoms with van der Waals surface area (Å²) in [6, 6.07) is 9.34. The van der Waals surface area contributed by atoms with Crippen LogP contribution in [0.4, 0.5) is 19.3 Å². The zero-order valence-electron chi connectivity index (χ0n) is 14.2. The number of likely N-dealkylation sites (N-methyl/N-ethyl adjacent to an activating group) is 1. The molecule has 0 fully saturated rings. The molecule has 1 aromatic heterocycles. The molecule has 0 unspecified atom stereocenters. The zero-order chi connectivity index (χ0) is 19.4. The van der Waals surface area contributed by atoms with Gasteiger partial charge in [-0.2, -0.15) is 4.98 Å². The van der Waals surface area contributed by atoms with Crippen LogP contribution in [0.15, 0.2) is 47.0 Å². The van der Waals surface area contributed by atoms with E-state index in [0.29, 0.717) is 29.2 Å². The summed E-state index contributed by atoms with van der Waals surface area (Å²) in [5, 5.41) is 6.85. The molecular weight excluding hydrogens is 378 g/mol. The lowest BCUT2D eigenvalue weighted by Crippen LogP contribution is -2.33. The third-order valence-corrected chi connectivity index (χ3v) is 4.00. The van der Waals surface area contributed by atoms with Crippen LogP contribution < -0.4 is 5.32 Å². The maximum absolute atomic E-state index is 13.6. The highest BCUT2D eigenvalue weighted by molar-refractivity contribution is 6.30. The predicted molar refractivity (Wildman–Crippen MR) is 96.5 cm³/mol. The van der Waals surface area contributed by atoms with Crippen LogP contribution in [0.1, 0.15) is 5.82 Å². The lowest BCUT2D eigenvalue weighted by atomic mass is 10.2. The first-order valence-corrected chi connectivity index (χ1v) is 8.36. The van der Waals surface area contributed by atoms with Gasteiger partial charge in [0.05, 0.1) is 5.69 Å². The summed E-state index contributed by atoms with van der Waals surface area (Å²) in [7, 11) is 1.54. The van der Waals surface area contributed by atoms with E-state index >= 15 is 0 Å². The topological polar surface area (TPSA) is 71.3 Å². The number of carbonyl (C=O) groups excluding carboxylic acids is 1. The second kappa shape index (κ2) is 8.13. The SMILES string of the molecule is CN(CCc1noc(-c2ccc(Cl)cc2)n1)C(=O)Nc1ccc(F)cc1F. The summed E-state index contributed by atoms with van der Waals surface area (Å²) in [6.45, 7) is 0.272. The molecule has 0 saturated heterocycles. The summed E-state index contributed by atoms with van der Waals surface area (Å²) >= 11 is 5.84. The molecule has 0 aliphatic carbocycles. The summed E-state index contributed by atoms with van der Waals surface area (Å²) in [5.41, 5.74) is 0.633. The highest BCUT2D eigenvalue weighted by Crippen LogP contribution is 2.20. The van der Waals surface area contributed by atoms with Gasteiger partial charge in [0.2, 0.25) is 0 Å². The minimum atomic E-state index is -0.845. The fourth-order valence-corrected chi connectivity index (χ4v) is 2.36. The highest BCUT2D eigenvalue weighted by atomic mass is 35.5. The van der Waals surface area contributed by atoms with Crippen LogP contribution in [0.3, 0.4) is 0 Å². The number of amides is 2. The number of urea groups is 1. The summed E-state index contributed by atoms with van der Waals surface area (Å²) < 4.78 is 31.7. The second-order valence-corrected chi connectivity index (χ2v) is 6.18. The van der Waals surface area contributed by atoms with E-state index in [1.54, 1.807) is 24.3 Å². The maximum Gasteiger partial charge on any atom is 0.321 e. The predicted octanol–water partition coefficient (Wildman–Crippen LogP) is 4.37. The van der Waals surface area contributed by atoms with E-state index in [0.717, 1.165) is 17.7 Å². The normalized spacial score (nSPS) is 10.7. The number of hydrogen-bond acceptors (Lipinski definition) is 4. The monoisotopic (exact) mass is 392 g/mol. The third kappa shape index (κ3) is 4.79. The molecule has 0 aliphatic rings. The Morgan fingerprint density at radius 1 is 1.22 bits per heavy atom. The molecule has 0 bridgehead atoms. The van der Waals surface area contributed by atoms with Crippen molar-refractivity contribution in [3.05, 3.63) is 64.9 Å². The molecule has 0 spiro atoms. The van der Waals surface area contributed by atoms with Gasteiger partial charge in [-0.05, 0) is 36.4 Å². The zero-order valence-corrected chi connectivity index (χ0v) is 15.0. The van der Waals surface area contributed by atoms with Gasteiger partial charge in [-0.1, -0.05) is 16.8 Å². The van der Waals surface area contributed by atoms with Gasteiger partial charge in [0.25, 0.3) is 5.89 Å². The van der Waals surface area contributed by atoms with Crippen LogP contribution in [-0.4, -0.2) is 34.7 Å². The number of carbonyl (C=O) groups is 1. The van der Waals surface area contributed by atoms with Gasteiger partial charge in [0.15, 0.2) is 5.82 Å². The Morgan fingerprint density at radius 2 is 1.96 bits per heavy atom. The van der Waals surface area contributed by atoms with Crippen LogP contribution >= 0.6 is 11.6 Å². The van der Waals surface area contributed by atoms with Crippen molar-refractivity contribution in [2.45, 2.75) is 6.42 Å². The third-order valence-electron chi connectivity index (χ3n) is 3.75. The van der Waals surface area contributed by atoms with E-state index in [2.05, 4.69) is 15.5 Å². The number of rotatable bonds is 5. The van der Waals surface area contributed by atoms with Gasteiger partial charge >= 0.3 is 6.03 Å². The minimum Gasteiger partial charge on any atom is -0.334 e. The van der Waals surface area contributed by atoms with Crippen LogP contribution in [0, 0.1) is 11.6 Å². The van der Waals surface area contributed by atoms with Gasteiger partial charge < -0.3 is 14.7 Å². The van der Waals surface area contributed by atoms with Gasteiger partial charge in [0.1, 0.15) is 11.6 Å². The summed E-state index contributed by atoms with van der Waals surface area (Å²) in [6.07, 6.45) is 0.340. The molecule has 1 N–H and O–H groups in total. The van der Waals surface area contributed by atoms with E-state index in [1.165, 1.54) is 11.9 Å². The van der Waals surface area contributed by atoms with Crippen molar-refractivity contribution in [3.63, 3.8) is 0 Å². The highest BCUT2D eigenvalue weighted by Gasteiger charge is 2.14. The summed E-state index contributed by atoms with van der Waals surface area (Å²) in [5.74, 6) is -0.787. The molecule has 0 atom stereocenters. The van der Waals surface area contributed by atoms with Crippen molar-refractivity contribution < 1.29 is 18.1 Å². The first-order chi connectivity index (χ1) is 12.9. The van der Waals surface area contributed by atoms with Crippen molar-refractivity contribution >= 4 is 23.3 Å². The standard InChI is InChI=1S/C18H15ClF2N4O2/c1-25(18(26)22-15-7-6-13(20)10-14(15)21)9-8-16-23-17(27-24-16)11-2-4-12(19)5-3-11/h2-7,10H,8-9H2,1H3,(H,22,26). The Morgan fingerprint density at radius 3 is 2.67 bits per heavy atom. The van der Waals surface area contributed by atoms with E-state index < -0.39 is 17.7 Å². The molecule has 3 aromatic rings. The maximum atomic E-state index is 13.6. The number of nitrogens with zero attached hydrogens (tertiary/aromatic N) is 3. The number of aromatic nitrogens is 2. The molecule has 6 nitrogen and oxygen atoms in total. The van der Waals surface area contributed by atoms with Gasteiger partial charge in [-0.15, -0.1) is 0 Å². The smallest absolute Gasteiger partial charge is 0.321 e.